The lowest BCUT2D eigenvalue weighted by Crippen LogP contribution is -2.30. The number of para-hydroxylation sites is 1. The van der Waals surface area contributed by atoms with E-state index in [1.54, 1.807) is 30.3 Å². The smallest absolute Gasteiger partial charge is 0.277 e. The summed E-state index contributed by atoms with van der Waals surface area (Å²) in [5.41, 5.74) is 6.39. The zero-order valence-electron chi connectivity index (χ0n) is 13.0. The zero-order valence-corrected chi connectivity index (χ0v) is 13.8. The summed E-state index contributed by atoms with van der Waals surface area (Å²) in [5, 5.41) is 9.18. The first-order chi connectivity index (χ1) is 11.2. The molecule has 3 rings (SSSR count). The van der Waals surface area contributed by atoms with Crippen LogP contribution in [0, 0.1) is 0 Å². The maximum Gasteiger partial charge on any atom is 0.277 e. The van der Waals surface area contributed by atoms with Gasteiger partial charge in [0.05, 0.1) is 11.3 Å². The number of aromatic nitrogens is 1. The van der Waals surface area contributed by atoms with Gasteiger partial charge >= 0.3 is 0 Å². The van der Waals surface area contributed by atoms with Gasteiger partial charge in [0.25, 0.3) is 11.8 Å². The molecule has 0 unspecified atom stereocenters. The van der Waals surface area contributed by atoms with Gasteiger partial charge in [0.15, 0.2) is 5.69 Å². The molecule has 1 aliphatic carbocycles. The second-order valence-corrected chi connectivity index (χ2v) is 5.43. The molecule has 0 aliphatic heterocycles. The number of nitrogens with two attached hydrogens (primary N) is 1. The minimum atomic E-state index is -0.403. The molecule has 8 heteroatoms. The predicted octanol–water partition coefficient (Wildman–Crippen LogP) is 1.91. The van der Waals surface area contributed by atoms with E-state index in [9.17, 15) is 9.59 Å². The fourth-order valence-electron chi connectivity index (χ4n) is 2.21. The summed E-state index contributed by atoms with van der Waals surface area (Å²) < 4.78 is 5.17. The molecule has 0 saturated heterocycles. The van der Waals surface area contributed by atoms with E-state index in [1.165, 1.54) is 0 Å². The Balaban J connectivity index is 0.00000208. The molecule has 0 bridgehead atoms. The highest BCUT2D eigenvalue weighted by Gasteiger charge is 2.29. The topological polar surface area (TPSA) is 110 Å². The molecular weight excluding hydrogens is 332 g/mol. The zero-order chi connectivity index (χ0) is 16.2. The Hall–Kier alpha value is -2.38. The normalized spacial score (nSPS) is 13.0. The Kier molecular flexibility index (Phi) is 5.94. The van der Waals surface area contributed by atoms with Gasteiger partial charge in [-0.25, -0.2) is 0 Å². The van der Waals surface area contributed by atoms with E-state index in [4.69, 9.17) is 10.3 Å². The predicted molar refractivity (Wildman–Crippen MR) is 91.5 cm³/mol. The fourth-order valence-corrected chi connectivity index (χ4v) is 2.21. The minimum absolute atomic E-state index is 0. The Labute approximate surface area is 145 Å². The van der Waals surface area contributed by atoms with Gasteiger partial charge in [-0.15, -0.1) is 12.4 Å². The van der Waals surface area contributed by atoms with Crippen LogP contribution < -0.4 is 16.4 Å². The Morgan fingerprint density at radius 3 is 2.71 bits per heavy atom. The Morgan fingerprint density at radius 2 is 2.00 bits per heavy atom. The molecule has 0 atom stereocenters. The van der Waals surface area contributed by atoms with Gasteiger partial charge < -0.3 is 20.9 Å². The van der Waals surface area contributed by atoms with Crippen LogP contribution in [0.3, 0.4) is 0 Å². The van der Waals surface area contributed by atoms with Crippen LogP contribution in [0.25, 0.3) is 0 Å². The quantitative estimate of drug-likeness (QED) is 0.737. The van der Waals surface area contributed by atoms with Crippen molar-refractivity contribution in [3.8, 4) is 0 Å². The lowest BCUT2D eigenvalue weighted by Gasteiger charge is -2.10. The SMILES string of the molecule is Cl.NCCNC(=O)c1ccccc1NC(=O)c1cc(C2CC2)on1. The van der Waals surface area contributed by atoms with Crippen molar-refractivity contribution in [2.24, 2.45) is 5.73 Å². The molecule has 2 amide bonds. The number of rotatable bonds is 6. The highest BCUT2D eigenvalue weighted by atomic mass is 35.5. The highest BCUT2D eigenvalue weighted by Crippen LogP contribution is 2.40. The van der Waals surface area contributed by atoms with Crippen LogP contribution in [0.4, 0.5) is 5.69 Å². The van der Waals surface area contributed by atoms with Crippen molar-refractivity contribution in [1.82, 2.24) is 10.5 Å². The minimum Gasteiger partial charge on any atom is -0.360 e. The average molecular weight is 351 g/mol. The number of hydrogen-bond donors (Lipinski definition) is 3. The molecule has 128 valence electrons. The summed E-state index contributed by atoms with van der Waals surface area (Å²) in [6.45, 7) is 0.721. The summed E-state index contributed by atoms with van der Waals surface area (Å²) in [4.78, 5) is 24.4. The second kappa shape index (κ2) is 7.94. The van der Waals surface area contributed by atoms with Gasteiger partial charge in [0, 0.05) is 25.1 Å². The van der Waals surface area contributed by atoms with Crippen LogP contribution in [0.2, 0.25) is 0 Å². The summed E-state index contributed by atoms with van der Waals surface area (Å²) in [7, 11) is 0. The van der Waals surface area contributed by atoms with Crippen LogP contribution in [-0.4, -0.2) is 30.1 Å². The molecule has 7 nitrogen and oxygen atoms in total. The number of benzene rings is 1. The summed E-state index contributed by atoms with van der Waals surface area (Å²) in [6, 6.07) is 8.43. The van der Waals surface area contributed by atoms with Crippen LogP contribution in [0.15, 0.2) is 34.9 Å². The first-order valence-corrected chi connectivity index (χ1v) is 7.54. The molecule has 0 radical (unpaired) electrons. The van der Waals surface area contributed by atoms with Crippen molar-refractivity contribution in [3.63, 3.8) is 0 Å². The van der Waals surface area contributed by atoms with Crippen LogP contribution >= 0.6 is 12.4 Å². The van der Waals surface area contributed by atoms with E-state index in [1.807, 2.05) is 0 Å². The third-order valence-corrected chi connectivity index (χ3v) is 3.59. The molecule has 1 heterocycles. The maximum atomic E-state index is 12.3. The fraction of sp³-hybridized carbons (Fsp3) is 0.312. The third kappa shape index (κ3) is 4.12. The van der Waals surface area contributed by atoms with E-state index in [0.717, 1.165) is 18.6 Å². The molecule has 4 N–H and O–H groups in total. The summed E-state index contributed by atoms with van der Waals surface area (Å²) >= 11 is 0. The number of anilines is 1. The number of amides is 2. The largest absolute Gasteiger partial charge is 0.360 e. The van der Waals surface area contributed by atoms with E-state index < -0.39 is 5.91 Å². The monoisotopic (exact) mass is 350 g/mol. The molecule has 1 saturated carbocycles. The maximum absolute atomic E-state index is 12.3. The molecule has 1 aliphatic rings. The molecule has 24 heavy (non-hydrogen) atoms. The van der Waals surface area contributed by atoms with E-state index in [-0.39, 0.29) is 24.0 Å². The Morgan fingerprint density at radius 1 is 1.25 bits per heavy atom. The van der Waals surface area contributed by atoms with Gasteiger partial charge in [-0.3, -0.25) is 9.59 Å². The first-order valence-electron chi connectivity index (χ1n) is 7.54. The first kappa shape index (κ1) is 18.0. The number of nitrogens with one attached hydrogen (secondary N) is 2. The van der Waals surface area contributed by atoms with Gasteiger partial charge in [-0.2, -0.15) is 0 Å². The van der Waals surface area contributed by atoms with Crippen LogP contribution in [-0.2, 0) is 0 Å². The van der Waals surface area contributed by atoms with Gasteiger partial charge in [0.2, 0.25) is 0 Å². The molecule has 1 fully saturated rings. The van der Waals surface area contributed by atoms with E-state index in [2.05, 4.69) is 15.8 Å². The number of carbonyl (C=O) groups is 2. The standard InChI is InChI=1S/C16H18N4O3.ClH/c17-7-8-18-15(21)11-3-1-2-4-12(11)19-16(22)13-9-14(23-20-13)10-5-6-10;/h1-4,9-10H,5-8,17H2,(H,18,21)(H,19,22);1H. The van der Waals surface area contributed by atoms with Gasteiger partial charge in [-0.1, -0.05) is 17.3 Å². The van der Waals surface area contributed by atoms with Gasteiger partial charge in [-0.05, 0) is 25.0 Å². The summed E-state index contributed by atoms with van der Waals surface area (Å²) in [6.07, 6.45) is 2.14. The van der Waals surface area contributed by atoms with Crippen molar-refractivity contribution in [2.45, 2.75) is 18.8 Å². The third-order valence-electron chi connectivity index (χ3n) is 3.59. The van der Waals surface area contributed by atoms with Crippen molar-refractivity contribution in [3.05, 3.63) is 47.3 Å². The van der Waals surface area contributed by atoms with Crippen LogP contribution in [0.1, 0.15) is 45.4 Å². The molecular formula is C16H19ClN4O3. The van der Waals surface area contributed by atoms with Crippen molar-refractivity contribution >= 4 is 29.9 Å². The van der Waals surface area contributed by atoms with E-state index >= 15 is 0 Å². The summed E-state index contributed by atoms with van der Waals surface area (Å²) in [5.74, 6) is 0.437. The van der Waals surface area contributed by atoms with Crippen LogP contribution in [0.5, 0.6) is 0 Å². The lowest BCUT2D eigenvalue weighted by molar-refractivity contribution is 0.0955. The van der Waals surface area contributed by atoms with E-state index in [0.29, 0.717) is 30.3 Å². The Bertz CT molecular complexity index is 728. The highest BCUT2D eigenvalue weighted by molar-refractivity contribution is 6.08. The number of halogens is 1. The van der Waals surface area contributed by atoms with Gasteiger partial charge in [0.1, 0.15) is 5.76 Å². The molecule has 0 spiro atoms. The lowest BCUT2D eigenvalue weighted by atomic mass is 10.1. The number of carbonyl (C=O) groups excluding carboxylic acids is 2. The molecule has 2 aromatic rings. The van der Waals surface area contributed by atoms with Crippen molar-refractivity contribution in [1.29, 1.82) is 0 Å². The second-order valence-electron chi connectivity index (χ2n) is 5.43. The van der Waals surface area contributed by atoms with Crippen molar-refractivity contribution in [2.75, 3.05) is 18.4 Å². The average Bonchev–Trinajstić information content (AvgIpc) is 3.30. The number of nitrogens with zero attached hydrogens (tertiary/aromatic N) is 1. The molecule has 1 aromatic heterocycles. The number of hydrogen-bond acceptors (Lipinski definition) is 5. The van der Waals surface area contributed by atoms with Crippen molar-refractivity contribution < 1.29 is 14.1 Å². The molecule has 1 aromatic carbocycles.